The third-order valence-corrected chi connectivity index (χ3v) is 4.00. The van der Waals surface area contributed by atoms with Crippen molar-refractivity contribution in [1.29, 1.82) is 0 Å². The van der Waals surface area contributed by atoms with Gasteiger partial charge < -0.3 is 14.7 Å². The van der Waals surface area contributed by atoms with Crippen molar-refractivity contribution in [3.63, 3.8) is 0 Å². The molecule has 0 bridgehead atoms. The summed E-state index contributed by atoms with van der Waals surface area (Å²) in [6.45, 7) is 1.61. The second kappa shape index (κ2) is 5.60. The summed E-state index contributed by atoms with van der Waals surface area (Å²) in [6.07, 6.45) is 2.93. The van der Waals surface area contributed by atoms with Crippen LogP contribution in [0.25, 0.3) is 10.8 Å². The number of carboxylic acids is 1. The number of rotatable bonds is 4. The van der Waals surface area contributed by atoms with E-state index in [9.17, 15) is 4.79 Å². The van der Waals surface area contributed by atoms with Gasteiger partial charge >= 0.3 is 5.97 Å². The molecule has 1 atom stereocenters. The van der Waals surface area contributed by atoms with Gasteiger partial charge in [-0.2, -0.15) is 0 Å². The van der Waals surface area contributed by atoms with Crippen LogP contribution in [0.3, 0.4) is 0 Å². The molecule has 5 heteroatoms. The Kier molecular flexibility index (Phi) is 3.64. The van der Waals surface area contributed by atoms with Crippen LogP contribution in [0.15, 0.2) is 30.5 Å². The van der Waals surface area contributed by atoms with E-state index >= 15 is 0 Å². The number of fused-ring (bicyclic) bond motifs is 1. The second-order valence-electron chi connectivity index (χ2n) is 5.42. The quantitative estimate of drug-likeness (QED) is 0.935. The lowest BCUT2D eigenvalue weighted by atomic mass is 10.1. The molecule has 110 valence electrons. The van der Waals surface area contributed by atoms with E-state index in [-0.39, 0.29) is 12.3 Å². The maximum atomic E-state index is 10.8. The fraction of sp³-hybridized carbons (Fsp3) is 0.375. The van der Waals surface area contributed by atoms with E-state index in [1.54, 1.807) is 13.3 Å². The minimum absolute atomic E-state index is 0.206. The van der Waals surface area contributed by atoms with Crippen LogP contribution in [0.1, 0.15) is 12.8 Å². The molecule has 1 aliphatic rings. The van der Waals surface area contributed by atoms with Gasteiger partial charge in [-0.05, 0) is 42.0 Å². The third kappa shape index (κ3) is 2.77. The minimum atomic E-state index is -0.725. The number of pyridine rings is 1. The van der Waals surface area contributed by atoms with Gasteiger partial charge in [-0.1, -0.05) is 0 Å². The predicted octanol–water partition coefficient (Wildman–Crippen LogP) is 2.54. The molecule has 0 radical (unpaired) electrons. The molecule has 0 amide bonds. The van der Waals surface area contributed by atoms with Gasteiger partial charge in [-0.3, -0.25) is 4.79 Å². The first-order valence-electron chi connectivity index (χ1n) is 7.07. The van der Waals surface area contributed by atoms with Crippen molar-refractivity contribution < 1.29 is 14.6 Å². The first-order chi connectivity index (χ1) is 10.2. The molecule has 1 unspecified atom stereocenters. The van der Waals surface area contributed by atoms with Gasteiger partial charge in [0.1, 0.15) is 11.6 Å². The Balaban J connectivity index is 1.89. The smallest absolute Gasteiger partial charge is 0.303 e. The molecule has 0 saturated carbocycles. The molecular formula is C16H18N2O3. The summed E-state index contributed by atoms with van der Waals surface area (Å²) in [5.74, 6) is 1.24. The zero-order valence-corrected chi connectivity index (χ0v) is 12.0. The van der Waals surface area contributed by atoms with E-state index < -0.39 is 5.97 Å². The second-order valence-corrected chi connectivity index (χ2v) is 5.42. The number of methoxy groups -OCH3 is 1. The van der Waals surface area contributed by atoms with Crippen LogP contribution >= 0.6 is 0 Å². The maximum Gasteiger partial charge on any atom is 0.303 e. The van der Waals surface area contributed by atoms with Gasteiger partial charge in [0.2, 0.25) is 0 Å². The molecule has 1 aromatic heterocycles. The molecule has 1 aliphatic heterocycles. The SMILES string of the molecule is COc1ccc2c(N3CCC(CC(=O)O)C3)nccc2c1. The normalized spacial score (nSPS) is 18.1. The fourth-order valence-corrected chi connectivity index (χ4v) is 2.96. The number of carboxylic acid groups (broad SMARTS) is 1. The lowest BCUT2D eigenvalue weighted by Gasteiger charge is -2.19. The molecule has 1 N–H and O–H groups in total. The molecule has 5 nitrogen and oxygen atoms in total. The van der Waals surface area contributed by atoms with E-state index in [4.69, 9.17) is 9.84 Å². The Morgan fingerprint density at radius 1 is 1.48 bits per heavy atom. The Morgan fingerprint density at radius 3 is 3.10 bits per heavy atom. The first kappa shape index (κ1) is 13.7. The lowest BCUT2D eigenvalue weighted by Crippen LogP contribution is -2.21. The highest BCUT2D eigenvalue weighted by Crippen LogP contribution is 2.31. The number of hydrogen-bond donors (Lipinski definition) is 1. The summed E-state index contributed by atoms with van der Waals surface area (Å²) in [4.78, 5) is 17.5. The summed E-state index contributed by atoms with van der Waals surface area (Å²) >= 11 is 0. The highest BCUT2D eigenvalue weighted by molar-refractivity contribution is 5.93. The Labute approximate surface area is 123 Å². The number of aromatic nitrogens is 1. The number of nitrogens with zero attached hydrogens (tertiary/aromatic N) is 2. The fourth-order valence-electron chi connectivity index (χ4n) is 2.96. The van der Waals surface area contributed by atoms with Crippen LogP contribution in [0.4, 0.5) is 5.82 Å². The molecular weight excluding hydrogens is 268 g/mol. The average Bonchev–Trinajstić information content (AvgIpc) is 2.93. The standard InChI is InChI=1S/C16H18N2O3/c1-21-13-2-3-14-12(9-13)4-6-17-16(14)18-7-5-11(10-18)8-15(19)20/h2-4,6,9,11H,5,7-8,10H2,1H3,(H,19,20). The summed E-state index contributed by atoms with van der Waals surface area (Å²) in [5.41, 5.74) is 0. The van der Waals surface area contributed by atoms with Crippen LogP contribution in [0, 0.1) is 5.92 Å². The van der Waals surface area contributed by atoms with Crippen molar-refractivity contribution in [2.45, 2.75) is 12.8 Å². The number of carbonyl (C=O) groups is 1. The monoisotopic (exact) mass is 286 g/mol. The highest BCUT2D eigenvalue weighted by Gasteiger charge is 2.26. The Bertz CT molecular complexity index is 672. The number of ether oxygens (including phenoxy) is 1. The summed E-state index contributed by atoms with van der Waals surface area (Å²) < 4.78 is 5.25. The van der Waals surface area contributed by atoms with Crippen molar-refractivity contribution in [2.75, 3.05) is 25.1 Å². The molecule has 1 fully saturated rings. The number of hydrogen-bond acceptors (Lipinski definition) is 4. The molecule has 3 rings (SSSR count). The molecule has 1 saturated heterocycles. The Hall–Kier alpha value is -2.30. The van der Waals surface area contributed by atoms with E-state index in [1.165, 1.54) is 0 Å². The molecule has 0 spiro atoms. The summed E-state index contributed by atoms with van der Waals surface area (Å²) in [7, 11) is 1.65. The minimum Gasteiger partial charge on any atom is -0.497 e. The number of aliphatic carboxylic acids is 1. The summed E-state index contributed by atoms with van der Waals surface area (Å²) in [5, 5.41) is 11.1. The average molecular weight is 286 g/mol. The predicted molar refractivity (Wildman–Crippen MR) is 80.9 cm³/mol. The van der Waals surface area contributed by atoms with Crippen molar-refractivity contribution in [2.24, 2.45) is 5.92 Å². The zero-order valence-electron chi connectivity index (χ0n) is 12.0. The van der Waals surface area contributed by atoms with Gasteiger partial charge in [-0.25, -0.2) is 4.98 Å². The topological polar surface area (TPSA) is 62.7 Å². The summed E-state index contributed by atoms with van der Waals surface area (Å²) in [6, 6.07) is 7.90. The molecule has 1 aromatic carbocycles. The van der Waals surface area contributed by atoms with E-state index in [0.29, 0.717) is 0 Å². The third-order valence-electron chi connectivity index (χ3n) is 4.00. The van der Waals surface area contributed by atoms with E-state index in [1.807, 2.05) is 24.3 Å². The van der Waals surface area contributed by atoms with E-state index in [0.717, 1.165) is 41.9 Å². The van der Waals surface area contributed by atoms with Gasteiger partial charge in [0.25, 0.3) is 0 Å². The number of benzene rings is 1. The van der Waals surface area contributed by atoms with Crippen LogP contribution in [-0.4, -0.2) is 36.3 Å². The molecule has 21 heavy (non-hydrogen) atoms. The highest BCUT2D eigenvalue weighted by atomic mass is 16.5. The largest absolute Gasteiger partial charge is 0.497 e. The maximum absolute atomic E-state index is 10.8. The van der Waals surface area contributed by atoms with Gasteiger partial charge in [0.15, 0.2) is 0 Å². The lowest BCUT2D eigenvalue weighted by molar-refractivity contribution is -0.137. The number of anilines is 1. The first-order valence-corrected chi connectivity index (χ1v) is 7.07. The zero-order chi connectivity index (χ0) is 14.8. The van der Waals surface area contributed by atoms with Crippen molar-refractivity contribution >= 4 is 22.6 Å². The molecule has 2 heterocycles. The van der Waals surface area contributed by atoms with Crippen molar-refractivity contribution in [3.8, 4) is 5.75 Å². The van der Waals surface area contributed by atoms with Gasteiger partial charge in [0, 0.05) is 31.1 Å². The van der Waals surface area contributed by atoms with Crippen LogP contribution in [0.5, 0.6) is 5.75 Å². The van der Waals surface area contributed by atoms with Crippen LogP contribution < -0.4 is 9.64 Å². The molecule has 0 aliphatic carbocycles. The molecule has 2 aromatic rings. The van der Waals surface area contributed by atoms with Crippen LogP contribution in [0.2, 0.25) is 0 Å². The van der Waals surface area contributed by atoms with Crippen LogP contribution in [-0.2, 0) is 4.79 Å². The van der Waals surface area contributed by atoms with Crippen molar-refractivity contribution in [3.05, 3.63) is 30.5 Å². The Morgan fingerprint density at radius 2 is 2.33 bits per heavy atom. The van der Waals surface area contributed by atoms with Crippen molar-refractivity contribution in [1.82, 2.24) is 4.98 Å². The van der Waals surface area contributed by atoms with Gasteiger partial charge in [-0.15, -0.1) is 0 Å². The van der Waals surface area contributed by atoms with E-state index in [2.05, 4.69) is 9.88 Å². The van der Waals surface area contributed by atoms with Gasteiger partial charge in [0.05, 0.1) is 7.11 Å².